The molecule has 1 amide bonds. The maximum atomic E-state index is 14.1. The van der Waals surface area contributed by atoms with Crippen LogP contribution in [0.3, 0.4) is 0 Å². The maximum absolute atomic E-state index is 14.1. The van der Waals surface area contributed by atoms with Crippen LogP contribution in [0.1, 0.15) is 27.9 Å². The van der Waals surface area contributed by atoms with Crippen molar-refractivity contribution in [3.05, 3.63) is 64.7 Å². The fourth-order valence-electron chi connectivity index (χ4n) is 2.48. The highest BCUT2D eigenvalue weighted by molar-refractivity contribution is 6.01. The Labute approximate surface area is 147 Å². The summed E-state index contributed by atoms with van der Waals surface area (Å²) in [6.45, 7) is -0.0516. The van der Waals surface area contributed by atoms with E-state index in [2.05, 4.69) is 5.16 Å². The second-order valence-electron chi connectivity index (χ2n) is 5.57. The molecule has 1 aliphatic heterocycles. The highest BCUT2D eigenvalue weighted by atomic mass is 19.1. The van der Waals surface area contributed by atoms with Gasteiger partial charge in [0, 0.05) is 6.42 Å². The molecule has 0 aromatic heterocycles. The normalized spacial score (nSPS) is 15.7. The molecule has 0 aliphatic carbocycles. The van der Waals surface area contributed by atoms with E-state index in [1.54, 1.807) is 24.3 Å². The lowest BCUT2D eigenvalue weighted by molar-refractivity contribution is 0.0458. The Hall–Kier alpha value is -3.47. The van der Waals surface area contributed by atoms with Gasteiger partial charge in [-0.2, -0.15) is 5.26 Å². The van der Waals surface area contributed by atoms with Gasteiger partial charge in [0.05, 0.1) is 17.3 Å². The van der Waals surface area contributed by atoms with Gasteiger partial charge >= 0.3 is 0 Å². The molecule has 132 valence electrons. The molecule has 8 heteroatoms. The van der Waals surface area contributed by atoms with Gasteiger partial charge < -0.3 is 15.3 Å². The lowest BCUT2D eigenvalue weighted by atomic mass is 10.0. The number of carbonyl (C=O) groups excluding carboxylic acids is 1. The van der Waals surface area contributed by atoms with E-state index in [1.807, 2.05) is 6.07 Å². The largest absolute Gasteiger partial charge is 0.486 e. The van der Waals surface area contributed by atoms with Gasteiger partial charge in [-0.25, -0.2) is 8.78 Å². The van der Waals surface area contributed by atoms with Crippen molar-refractivity contribution < 1.29 is 23.1 Å². The summed E-state index contributed by atoms with van der Waals surface area (Å²) in [5, 5.41) is 12.8. The second kappa shape index (κ2) is 7.19. The summed E-state index contributed by atoms with van der Waals surface area (Å²) >= 11 is 0. The molecule has 1 heterocycles. The fourth-order valence-corrected chi connectivity index (χ4v) is 2.48. The Balaban J connectivity index is 1.63. The lowest BCUT2D eigenvalue weighted by Crippen LogP contribution is -2.20. The summed E-state index contributed by atoms with van der Waals surface area (Å²) in [6, 6.07) is 10.9. The molecule has 0 radical (unpaired) electrons. The second-order valence-corrected chi connectivity index (χ2v) is 5.57. The van der Waals surface area contributed by atoms with Crippen LogP contribution >= 0.6 is 0 Å². The van der Waals surface area contributed by atoms with Gasteiger partial charge in [0.1, 0.15) is 18.0 Å². The average molecular weight is 357 g/mol. The summed E-state index contributed by atoms with van der Waals surface area (Å²) in [5.74, 6) is -3.71. The van der Waals surface area contributed by atoms with Crippen molar-refractivity contribution in [2.45, 2.75) is 12.5 Å². The van der Waals surface area contributed by atoms with Gasteiger partial charge in [0.15, 0.2) is 17.7 Å². The number of halogens is 2. The summed E-state index contributed by atoms with van der Waals surface area (Å²) < 4.78 is 32.9. The molecule has 1 aliphatic rings. The molecular formula is C18H13F2N3O3. The molecule has 2 aromatic carbocycles. The summed E-state index contributed by atoms with van der Waals surface area (Å²) in [7, 11) is 0. The number of nitrogens with two attached hydrogens (primary N) is 1. The molecule has 1 unspecified atom stereocenters. The van der Waals surface area contributed by atoms with Gasteiger partial charge in [0.25, 0.3) is 5.91 Å². The third-order valence-corrected chi connectivity index (χ3v) is 3.81. The topological polar surface area (TPSA) is 97.7 Å². The number of ether oxygens (including phenoxy) is 1. The molecule has 2 aromatic rings. The number of hydrogen-bond acceptors (Lipinski definition) is 5. The van der Waals surface area contributed by atoms with E-state index in [4.69, 9.17) is 20.6 Å². The smallest absolute Gasteiger partial charge is 0.254 e. The average Bonchev–Trinajstić information content (AvgIpc) is 3.10. The van der Waals surface area contributed by atoms with E-state index < -0.39 is 29.2 Å². The number of amides is 1. The van der Waals surface area contributed by atoms with Crippen LogP contribution in [-0.2, 0) is 4.84 Å². The number of rotatable bonds is 5. The zero-order valence-corrected chi connectivity index (χ0v) is 13.4. The quantitative estimate of drug-likeness (QED) is 0.889. The van der Waals surface area contributed by atoms with Gasteiger partial charge in [-0.15, -0.1) is 0 Å². The number of hydrogen-bond donors (Lipinski definition) is 1. The van der Waals surface area contributed by atoms with Gasteiger partial charge in [-0.05, 0) is 29.8 Å². The van der Waals surface area contributed by atoms with Crippen LogP contribution in [-0.4, -0.2) is 24.3 Å². The molecule has 2 N–H and O–H groups in total. The first-order valence-electron chi connectivity index (χ1n) is 7.63. The number of nitriles is 1. The van der Waals surface area contributed by atoms with Crippen molar-refractivity contribution in [3.63, 3.8) is 0 Å². The van der Waals surface area contributed by atoms with Crippen LogP contribution in [0.25, 0.3) is 0 Å². The Kier molecular flexibility index (Phi) is 4.80. The van der Waals surface area contributed by atoms with Crippen molar-refractivity contribution >= 4 is 11.6 Å². The van der Waals surface area contributed by atoms with E-state index in [-0.39, 0.29) is 12.4 Å². The Morgan fingerprint density at radius 3 is 2.69 bits per heavy atom. The summed E-state index contributed by atoms with van der Waals surface area (Å²) in [5.41, 5.74) is 6.13. The number of nitrogens with zero attached hydrogens (tertiary/aromatic N) is 2. The van der Waals surface area contributed by atoms with Crippen LogP contribution in [0.5, 0.6) is 5.75 Å². The van der Waals surface area contributed by atoms with Crippen molar-refractivity contribution in [1.82, 2.24) is 0 Å². The molecule has 6 nitrogen and oxygen atoms in total. The third-order valence-electron chi connectivity index (χ3n) is 3.81. The van der Waals surface area contributed by atoms with Crippen LogP contribution in [0.4, 0.5) is 8.78 Å². The minimum absolute atomic E-state index is 0.0516. The van der Waals surface area contributed by atoms with Crippen molar-refractivity contribution in [2.24, 2.45) is 10.9 Å². The van der Waals surface area contributed by atoms with Crippen molar-refractivity contribution in [1.29, 1.82) is 5.26 Å². The molecule has 0 bridgehead atoms. The molecule has 26 heavy (non-hydrogen) atoms. The monoisotopic (exact) mass is 357 g/mol. The first-order chi connectivity index (χ1) is 12.5. The van der Waals surface area contributed by atoms with E-state index in [1.165, 1.54) is 0 Å². The number of carbonyl (C=O) groups is 1. The minimum Gasteiger partial charge on any atom is -0.486 e. The van der Waals surface area contributed by atoms with Crippen molar-refractivity contribution in [3.8, 4) is 11.8 Å². The molecule has 0 fully saturated rings. The molecule has 0 saturated carbocycles. The Morgan fingerprint density at radius 1 is 1.31 bits per heavy atom. The van der Waals surface area contributed by atoms with E-state index in [9.17, 15) is 13.6 Å². The zero-order chi connectivity index (χ0) is 18.7. The van der Waals surface area contributed by atoms with Crippen LogP contribution in [0, 0.1) is 23.0 Å². The van der Waals surface area contributed by atoms with Gasteiger partial charge in [-0.1, -0.05) is 17.3 Å². The Morgan fingerprint density at radius 2 is 2.04 bits per heavy atom. The van der Waals surface area contributed by atoms with Crippen LogP contribution in [0.2, 0.25) is 0 Å². The molecule has 3 rings (SSSR count). The minimum atomic E-state index is -1.21. The zero-order valence-electron chi connectivity index (χ0n) is 13.4. The maximum Gasteiger partial charge on any atom is 0.254 e. The van der Waals surface area contributed by atoms with Crippen LogP contribution in [0.15, 0.2) is 41.6 Å². The number of benzene rings is 2. The first kappa shape index (κ1) is 17.4. The molecule has 0 saturated heterocycles. The Bertz CT molecular complexity index is 921. The summed E-state index contributed by atoms with van der Waals surface area (Å²) in [6.07, 6.45) is -0.0562. The molecular weight excluding hydrogens is 344 g/mol. The van der Waals surface area contributed by atoms with Gasteiger partial charge in [0.2, 0.25) is 0 Å². The SMILES string of the molecule is N#Cc1ccc(C2=NOC(COc3ccc(F)c(C(N)=O)c3F)C2)cc1. The standard InChI is InChI=1S/C18H13F2N3O3/c19-13-5-6-15(17(20)16(13)18(22)24)25-9-12-7-14(23-26-12)11-3-1-10(8-21)2-4-11/h1-6,12H,7,9H2,(H2,22,24). The van der Waals surface area contributed by atoms with E-state index in [0.29, 0.717) is 17.7 Å². The third kappa shape index (κ3) is 3.47. The van der Waals surface area contributed by atoms with E-state index in [0.717, 1.165) is 17.7 Å². The highest BCUT2D eigenvalue weighted by Gasteiger charge is 2.25. The van der Waals surface area contributed by atoms with E-state index >= 15 is 0 Å². The predicted octanol–water partition coefficient (Wildman–Crippen LogP) is 2.51. The highest BCUT2D eigenvalue weighted by Crippen LogP contribution is 2.24. The summed E-state index contributed by atoms with van der Waals surface area (Å²) in [4.78, 5) is 16.4. The molecule has 1 atom stereocenters. The van der Waals surface area contributed by atoms with Crippen LogP contribution < -0.4 is 10.5 Å². The number of oxime groups is 1. The molecule has 0 spiro atoms. The van der Waals surface area contributed by atoms with Gasteiger partial charge in [-0.3, -0.25) is 4.79 Å². The first-order valence-corrected chi connectivity index (χ1v) is 7.63. The lowest BCUT2D eigenvalue weighted by Gasteiger charge is -2.12. The van der Waals surface area contributed by atoms with Crippen molar-refractivity contribution in [2.75, 3.05) is 6.61 Å². The number of primary amides is 1. The fraction of sp³-hybridized carbons (Fsp3) is 0.167. The predicted molar refractivity (Wildman–Crippen MR) is 87.6 cm³/mol.